The molecule has 8 aromatic rings. The number of aliphatic hydroxyl groups is 2. The van der Waals surface area contributed by atoms with Crippen molar-refractivity contribution in [2.45, 2.75) is 142 Å². The monoisotopic (exact) mass is 1250 g/mol. The van der Waals surface area contributed by atoms with Gasteiger partial charge in [-0.3, -0.25) is 39.3 Å². The van der Waals surface area contributed by atoms with Crippen LogP contribution in [0, 0.1) is 27.7 Å². The summed E-state index contributed by atoms with van der Waals surface area (Å²) in [6, 6.07) is 33.2. The van der Waals surface area contributed by atoms with Crippen molar-refractivity contribution in [3.8, 4) is 33.8 Å². The number of pyridine rings is 4. The number of esters is 1. The normalized spacial score (nSPS) is 18.9. The molecule has 0 saturated carbocycles. The molecule has 0 bridgehead atoms. The van der Waals surface area contributed by atoms with Crippen molar-refractivity contribution in [1.82, 2.24) is 39.5 Å². The minimum atomic E-state index is -0.739. The number of rotatable bonds is 22. The molecule has 4 saturated heterocycles. The van der Waals surface area contributed by atoms with Gasteiger partial charge in [-0.2, -0.15) is 0 Å². The highest BCUT2D eigenvalue weighted by Gasteiger charge is 2.31. The van der Waals surface area contributed by atoms with Crippen LogP contribution in [0.3, 0.4) is 0 Å². The van der Waals surface area contributed by atoms with E-state index < -0.39 is 12.0 Å². The van der Waals surface area contributed by atoms with Crippen LogP contribution in [0.4, 0.5) is 0 Å². The molecule has 12 rings (SSSR count). The number of benzene rings is 4. The van der Waals surface area contributed by atoms with E-state index in [0.29, 0.717) is 45.6 Å². The summed E-state index contributed by atoms with van der Waals surface area (Å²) in [6.45, 7) is 18.2. The third kappa shape index (κ3) is 16.4. The zero-order valence-electron chi connectivity index (χ0n) is 54.3. The van der Waals surface area contributed by atoms with E-state index in [1.54, 1.807) is 0 Å². The minimum Gasteiger partial charge on any atom is -0.493 e. The number of carbonyl (C=O) groups is 2. The molecule has 4 fully saturated rings. The second-order valence-corrected chi connectivity index (χ2v) is 25.5. The molecule has 4 unspecified atom stereocenters. The number of likely N-dealkylation sites (tertiary alicyclic amines) is 4. The Morgan fingerprint density at radius 1 is 0.533 bits per heavy atom. The average Bonchev–Trinajstić information content (AvgIpc) is 1.22. The van der Waals surface area contributed by atoms with Crippen molar-refractivity contribution >= 4 is 33.7 Å². The molecule has 4 aliphatic heterocycles. The van der Waals surface area contributed by atoms with Gasteiger partial charge in [0.25, 0.3) is 0 Å². The molecule has 17 nitrogen and oxygen atoms in total. The van der Waals surface area contributed by atoms with E-state index >= 15 is 0 Å². The number of aromatic nitrogens is 4. The summed E-state index contributed by atoms with van der Waals surface area (Å²) in [6.07, 6.45) is 17.8. The quantitative estimate of drug-likeness (QED) is 0.0424. The molecule has 17 heteroatoms. The molecule has 0 aliphatic carbocycles. The Morgan fingerprint density at radius 3 is 1.40 bits per heavy atom. The van der Waals surface area contributed by atoms with Crippen LogP contribution < -0.4 is 9.47 Å². The van der Waals surface area contributed by atoms with Gasteiger partial charge in [-0.25, -0.2) is 0 Å². The fourth-order valence-electron chi connectivity index (χ4n) is 14.1. The molecule has 4 atom stereocenters. The summed E-state index contributed by atoms with van der Waals surface area (Å²) in [5.41, 5.74) is 17.7. The predicted molar refractivity (Wildman–Crippen MR) is 361 cm³/mol. The highest BCUT2D eigenvalue weighted by molar-refractivity contribution is 5.83. The predicted octanol–water partition coefficient (Wildman–Crippen LogP) is 10.8. The lowest BCUT2D eigenvalue weighted by atomic mass is 9.91. The Morgan fingerprint density at radius 2 is 0.967 bits per heavy atom. The van der Waals surface area contributed by atoms with Crippen LogP contribution >= 0.6 is 0 Å². The number of carboxylic acid groups (broad SMARTS) is 1. The molecule has 4 aromatic heterocycles. The number of piperidine rings is 2. The van der Waals surface area contributed by atoms with Gasteiger partial charge in [0, 0.05) is 101 Å². The number of hydrogen-bond donors (Lipinski definition) is 3. The van der Waals surface area contributed by atoms with Crippen LogP contribution in [0.1, 0.15) is 120 Å². The molecule has 0 amide bonds. The van der Waals surface area contributed by atoms with Gasteiger partial charge < -0.3 is 44.8 Å². The summed E-state index contributed by atoms with van der Waals surface area (Å²) in [5, 5.41) is 31.3. The Kier molecular flexibility index (Phi) is 23.2. The zero-order valence-corrected chi connectivity index (χ0v) is 54.3. The maximum atomic E-state index is 12.4. The lowest BCUT2D eigenvalue weighted by Crippen LogP contribution is -2.44. The van der Waals surface area contributed by atoms with E-state index in [-0.39, 0.29) is 29.7 Å². The fourth-order valence-corrected chi connectivity index (χ4v) is 14.1. The molecule has 92 heavy (non-hydrogen) atoms. The van der Waals surface area contributed by atoms with Gasteiger partial charge in [0.1, 0.15) is 23.6 Å². The summed E-state index contributed by atoms with van der Waals surface area (Å²) < 4.78 is 17.6. The topological polar surface area (TPSA) is 219 Å². The Hall–Kier alpha value is -7.74. The summed E-state index contributed by atoms with van der Waals surface area (Å²) in [7, 11) is 1.47. The maximum absolute atomic E-state index is 12.4. The summed E-state index contributed by atoms with van der Waals surface area (Å²) in [4.78, 5) is 52.3. The molecule has 5 N–H and O–H groups in total. The van der Waals surface area contributed by atoms with Crippen LogP contribution in [-0.4, -0.2) is 169 Å². The highest BCUT2D eigenvalue weighted by atomic mass is 16.5. The maximum Gasteiger partial charge on any atom is 0.323 e. The SMILES string of the molecule is COC(=O)C1CCCCN1Cc1cnc2c(Cc3cccc(-c4cccc(OCCCN5CCC(O)C5)c4C)c3C)nccc2c1.Cc1c(Cc2nccc3cc(CN4CCCCC4C(=O)O)cnc23)cccc1-c1cccc(OCCCN2CCC(O)C2)c1C.O. The third-order valence-corrected chi connectivity index (χ3v) is 19.2. The van der Waals surface area contributed by atoms with Gasteiger partial charge in [-0.1, -0.05) is 73.5 Å². The number of carboxylic acids is 1. The lowest BCUT2D eigenvalue weighted by molar-refractivity contribution is -0.148. The van der Waals surface area contributed by atoms with Gasteiger partial charge in [0.15, 0.2) is 0 Å². The second-order valence-electron chi connectivity index (χ2n) is 25.5. The molecule has 486 valence electrons. The van der Waals surface area contributed by atoms with E-state index in [4.69, 9.17) is 34.1 Å². The van der Waals surface area contributed by atoms with E-state index in [9.17, 15) is 24.9 Å². The van der Waals surface area contributed by atoms with Crippen molar-refractivity contribution in [3.05, 3.63) is 178 Å². The average molecular weight is 1250 g/mol. The van der Waals surface area contributed by atoms with E-state index in [1.165, 1.54) is 51.6 Å². The van der Waals surface area contributed by atoms with Gasteiger partial charge in [-0.15, -0.1) is 0 Å². The van der Waals surface area contributed by atoms with Gasteiger partial charge in [-0.05, 0) is 195 Å². The van der Waals surface area contributed by atoms with Gasteiger partial charge >= 0.3 is 11.9 Å². The molecule has 8 heterocycles. The van der Waals surface area contributed by atoms with Crippen molar-refractivity contribution in [1.29, 1.82) is 0 Å². The first-order chi connectivity index (χ1) is 44.3. The van der Waals surface area contributed by atoms with Crippen LogP contribution in [0.25, 0.3) is 44.1 Å². The van der Waals surface area contributed by atoms with Crippen molar-refractivity contribution < 1.29 is 44.6 Å². The van der Waals surface area contributed by atoms with Gasteiger partial charge in [0.05, 0.1) is 55.0 Å². The second kappa shape index (κ2) is 31.7. The molecular weight excluding hydrogens is 1160 g/mol. The molecule has 0 spiro atoms. The van der Waals surface area contributed by atoms with Crippen molar-refractivity contribution in [2.75, 3.05) is 72.7 Å². The number of ether oxygens (including phenoxy) is 3. The Balaban J connectivity index is 0.000000199. The number of β-amino-alcohol motifs (C(OH)–C–C–N with tert-alkyl or cyclic N) is 2. The van der Waals surface area contributed by atoms with Crippen LogP contribution in [0.5, 0.6) is 11.5 Å². The fraction of sp³-hybridized carbons (Fsp3) is 0.440. The molecular formula is C75H92N8O9. The largest absolute Gasteiger partial charge is 0.493 e. The minimum absolute atomic E-state index is 0. The Labute approximate surface area is 541 Å². The number of fused-ring (bicyclic) bond motifs is 2. The van der Waals surface area contributed by atoms with Crippen molar-refractivity contribution in [3.63, 3.8) is 0 Å². The van der Waals surface area contributed by atoms with Crippen molar-refractivity contribution in [2.24, 2.45) is 0 Å². The highest BCUT2D eigenvalue weighted by Crippen LogP contribution is 2.37. The summed E-state index contributed by atoms with van der Waals surface area (Å²) in [5.74, 6) is 0.940. The van der Waals surface area contributed by atoms with E-state index in [1.807, 2.05) is 43.0 Å². The number of aliphatic hydroxyl groups excluding tert-OH is 2. The summed E-state index contributed by atoms with van der Waals surface area (Å²) >= 11 is 0. The first kappa shape index (κ1) is 67.2. The first-order valence-corrected chi connectivity index (χ1v) is 33.0. The van der Waals surface area contributed by atoms with Crippen LogP contribution in [0.15, 0.2) is 122 Å². The number of hydrogen-bond acceptors (Lipinski definition) is 15. The molecule has 0 radical (unpaired) electrons. The standard InChI is InChI=1S/C38H46N4O4.C37H44N4O4.H2O/c1-26-29(9-6-10-32(26)33-11-7-13-36(27(33)2)46-20-8-17-41-19-15-31(43)25-41)22-34-37-30(14-16-39-34)21-28(23-40-37)24-42-18-5-4-12-35(42)38(44)45-3;1-25-28(8-5-9-31(25)32-10-6-12-35(26(32)2)45-19-7-16-40-18-14-30(42)24-40)21-33-36-29(13-15-38-33)20-27(22-39-36)23-41-17-4-3-11-34(41)37(43)44;/h6-7,9-11,13-14,16,21,23,31,35,43H,4-5,8,12,15,17-20,22,24-25H2,1-3H3;5-6,8-10,12-13,15,20,22,30,34,42H,3-4,7,11,14,16-19,21,23-24H2,1-2H3,(H,43,44);1H2. The van der Waals surface area contributed by atoms with Crippen LogP contribution in [-0.2, 0) is 40.3 Å². The number of carbonyl (C=O) groups excluding carboxylic acids is 1. The zero-order chi connectivity index (χ0) is 63.4. The Bertz CT molecular complexity index is 3830. The van der Waals surface area contributed by atoms with Gasteiger partial charge in [0.2, 0.25) is 0 Å². The number of nitrogens with zero attached hydrogens (tertiary/aromatic N) is 8. The third-order valence-electron chi connectivity index (χ3n) is 19.2. The van der Waals surface area contributed by atoms with E-state index in [0.717, 1.165) is 177 Å². The molecule has 4 aromatic carbocycles. The first-order valence-electron chi connectivity index (χ1n) is 33.0. The van der Waals surface area contributed by atoms with Crippen LogP contribution in [0.2, 0.25) is 0 Å². The molecule has 4 aliphatic rings. The smallest absolute Gasteiger partial charge is 0.323 e. The lowest BCUT2D eigenvalue weighted by Gasteiger charge is -2.33. The number of aliphatic carboxylic acids is 1. The van der Waals surface area contributed by atoms with E-state index in [2.05, 4.69) is 126 Å². The number of methoxy groups -OCH3 is 1.